The van der Waals surface area contributed by atoms with Crippen LogP contribution >= 0.6 is 0 Å². The molecule has 5 aromatic rings. The molecule has 0 aliphatic heterocycles. The van der Waals surface area contributed by atoms with E-state index in [1.807, 2.05) is 6.07 Å². The molecule has 0 spiro atoms. The van der Waals surface area contributed by atoms with Crippen molar-refractivity contribution in [1.29, 1.82) is 0 Å². The second-order valence-electron chi connectivity index (χ2n) is 10.3. The summed E-state index contributed by atoms with van der Waals surface area (Å²) in [5.41, 5.74) is -1.49. The van der Waals surface area contributed by atoms with Gasteiger partial charge in [0.1, 0.15) is 34.6 Å². The summed E-state index contributed by atoms with van der Waals surface area (Å²) in [5, 5.41) is 0. The van der Waals surface area contributed by atoms with Crippen LogP contribution in [0.1, 0.15) is 17.5 Å². The lowest BCUT2D eigenvalue weighted by atomic mass is 9.99. The van der Waals surface area contributed by atoms with Crippen molar-refractivity contribution in [2.45, 2.75) is 25.3 Å². The highest BCUT2D eigenvalue weighted by Crippen LogP contribution is 2.39. The molecule has 5 rings (SSSR count). The fraction of sp³-hybridized carbons (Fsp3) is 0.114. The molecule has 4 aromatic carbocycles. The molecule has 3 nitrogen and oxygen atoms in total. The summed E-state index contributed by atoms with van der Waals surface area (Å²) in [6.45, 7) is 3.65. The van der Waals surface area contributed by atoms with Gasteiger partial charge in [-0.1, -0.05) is 30.3 Å². The molecule has 0 bridgehead atoms. The van der Waals surface area contributed by atoms with Crippen LogP contribution in [0.25, 0.3) is 33.5 Å². The van der Waals surface area contributed by atoms with Gasteiger partial charge in [0, 0.05) is 29.0 Å². The van der Waals surface area contributed by atoms with E-state index in [4.69, 9.17) is 0 Å². The first-order valence-electron chi connectivity index (χ1n) is 13.9. The van der Waals surface area contributed by atoms with Gasteiger partial charge in [-0.2, -0.15) is 8.78 Å². The SMILES string of the molecule is C=CCCc1ccc(-c2ccc(-c3cc(F)c(C(F)(F)Oc4ccc(-c5ccc(OC(F)(F)F)c(F)c5)c(F)c4)c(F)c3)c(F)c2)nc1. The molecule has 48 heavy (non-hydrogen) atoms. The molecular weight excluding hydrogens is 656 g/mol. The Morgan fingerprint density at radius 3 is 1.81 bits per heavy atom. The van der Waals surface area contributed by atoms with Crippen molar-refractivity contribution in [3.63, 3.8) is 0 Å². The third-order valence-corrected chi connectivity index (χ3v) is 7.03. The maximum absolute atomic E-state index is 15.1. The lowest BCUT2D eigenvalue weighted by Crippen LogP contribution is -2.25. The number of hydrogen-bond donors (Lipinski definition) is 0. The average molecular weight is 678 g/mol. The summed E-state index contributed by atoms with van der Waals surface area (Å²) in [5.74, 6) is -9.32. The lowest BCUT2D eigenvalue weighted by Gasteiger charge is -2.20. The van der Waals surface area contributed by atoms with Gasteiger partial charge < -0.3 is 9.47 Å². The molecule has 0 radical (unpaired) electrons. The van der Waals surface area contributed by atoms with E-state index < -0.39 is 69.7 Å². The predicted octanol–water partition coefficient (Wildman–Crippen LogP) is 10.9. The molecule has 1 heterocycles. The summed E-state index contributed by atoms with van der Waals surface area (Å²) < 4.78 is 149. The Morgan fingerprint density at radius 1 is 0.625 bits per heavy atom. The summed E-state index contributed by atoms with van der Waals surface area (Å²) in [6.07, 6.45) is -5.03. The van der Waals surface area contributed by atoms with E-state index in [9.17, 15) is 22.0 Å². The summed E-state index contributed by atoms with van der Waals surface area (Å²) in [4.78, 5) is 4.29. The van der Waals surface area contributed by atoms with Crippen molar-refractivity contribution in [1.82, 2.24) is 4.98 Å². The molecule has 1 aromatic heterocycles. The molecule has 0 aliphatic rings. The number of aryl methyl sites for hydroxylation is 1. The van der Waals surface area contributed by atoms with Gasteiger partial charge in [0.2, 0.25) is 0 Å². The fourth-order valence-electron chi connectivity index (χ4n) is 4.80. The van der Waals surface area contributed by atoms with Gasteiger partial charge in [0.15, 0.2) is 11.6 Å². The van der Waals surface area contributed by atoms with Gasteiger partial charge in [-0.05, 0) is 78.1 Å². The average Bonchev–Trinajstić information content (AvgIpc) is 3.00. The highest BCUT2D eigenvalue weighted by atomic mass is 19.4. The van der Waals surface area contributed by atoms with Gasteiger partial charge in [-0.15, -0.1) is 19.8 Å². The van der Waals surface area contributed by atoms with Crippen LogP contribution in [-0.2, 0) is 12.5 Å². The normalized spacial score (nSPS) is 11.8. The van der Waals surface area contributed by atoms with Crippen LogP contribution in [-0.4, -0.2) is 11.3 Å². The van der Waals surface area contributed by atoms with E-state index in [1.54, 1.807) is 18.3 Å². The molecule has 0 saturated carbocycles. The molecule has 0 amide bonds. The van der Waals surface area contributed by atoms with Crippen molar-refractivity contribution in [2.75, 3.05) is 0 Å². The van der Waals surface area contributed by atoms with Crippen molar-refractivity contribution < 1.29 is 53.4 Å². The number of benzene rings is 4. The predicted molar refractivity (Wildman–Crippen MR) is 156 cm³/mol. The van der Waals surface area contributed by atoms with E-state index in [1.165, 1.54) is 12.1 Å². The number of ether oxygens (including phenoxy) is 2. The van der Waals surface area contributed by atoms with Gasteiger partial charge in [0.05, 0.1) is 5.69 Å². The molecule has 13 heteroatoms. The number of halogens is 10. The Bertz CT molecular complexity index is 1950. The Hall–Kier alpha value is -5.33. The van der Waals surface area contributed by atoms with Crippen LogP contribution in [0.3, 0.4) is 0 Å². The third-order valence-electron chi connectivity index (χ3n) is 7.03. The summed E-state index contributed by atoms with van der Waals surface area (Å²) >= 11 is 0. The second-order valence-corrected chi connectivity index (χ2v) is 10.3. The number of aromatic nitrogens is 1. The maximum atomic E-state index is 15.1. The summed E-state index contributed by atoms with van der Waals surface area (Å²) in [6, 6.07) is 12.2. The smallest absolute Gasteiger partial charge is 0.429 e. The van der Waals surface area contributed by atoms with Gasteiger partial charge in [-0.25, -0.2) is 22.0 Å². The zero-order valence-corrected chi connectivity index (χ0v) is 24.3. The van der Waals surface area contributed by atoms with Crippen LogP contribution in [0, 0.1) is 29.1 Å². The van der Waals surface area contributed by atoms with Crippen molar-refractivity contribution in [3.8, 4) is 45.0 Å². The third kappa shape index (κ3) is 7.62. The van der Waals surface area contributed by atoms with Crippen LogP contribution < -0.4 is 9.47 Å². The number of pyridine rings is 1. The van der Waals surface area contributed by atoms with Crippen molar-refractivity contribution in [2.24, 2.45) is 0 Å². The Labute approximate surface area is 266 Å². The number of alkyl halides is 5. The summed E-state index contributed by atoms with van der Waals surface area (Å²) in [7, 11) is 0. The highest BCUT2D eigenvalue weighted by Gasteiger charge is 2.41. The first-order chi connectivity index (χ1) is 22.6. The zero-order valence-electron chi connectivity index (χ0n) is 24.3. The first kappa shape index (κ1) is 34.0. The molecule has 0 N–H and O–H groups in total. The Balaban J connectivity index is 1.35. The molecule has 248 valence electrons. The first-order valence-corrected chi connectivity index (χ1v) is 13.9. The van der Waals surface area contributed by atoms with Crippen LogP contribution in [0.5, 0.6) is 11.5 Å². The molecule has 0 saturated heterocycles. The minimum Gasteiger partial charge on any atom is -0.429 e. The number of rotatable bonds is 10. The maximum Gasteiger partial charge on any atom is 0.573 e. The molecule has 0 aliphatic carbocycles. The van der Waals surface area contributed by atoms with Crippen molar-refractivity contribution in [3.05, 3.63) is 138 Å². The second kappa shape index (κ2) is 13.4. The topological polar surface area (TPSA) is 31.4 Å². The number of hydrogen-bond acceptors (Lipinski definition) is 3. The van der Waals surface area contributed by atoms with Gasteiger partial charge in [0.25, 0.3) is 0 Å². The molecule has 0 fully saturated rings. The van der Waals surface area contributed by atoms with Crippen LogP contribution in [0.4, 0.5) is 43.9 Å². The minimum atomic E-state index is -5.18. The van der Waals surface area contributed by atoms with Gasteiger partial charge >= 0.3 is 12.5 Å². The Kier molecular flexibility index (Phi) is 9.51. The largest absolute Gasteiger partial charge is 0.573 e. The van der Waals surface area contributed by atoms with E-state index in [0.29, 0.717) is 41.6 Å². The van der Waals surface area contributed by atoms with E-state index in [0.717, 1.165) is 42.7 Å². The van der Waals surface area contributed by atoms with E-state index >= 15 is 22.0 Å². The van der Waals surface area contributed by atoms with Crippen molar-refractivity contribution >= 4 is 0 Å². The zero-order chi connectivity index (χ0) is 34.8. The number of nitrogens with zero attached hydrogens (tertiary/aromatic N) is 1. The fourth-order valence-corrected chi connectivity index (χ4v) is 4.80. The van der Waals surface area contributed by atoms with E-state index in [2.05, 4.69) is 21.0 Å². The van der Waals surface area contributed by atoms with Crippen LogP contribution in [0.2, 0.25) is 0 Å². The van der Waals surface area contributed by atoms with Crippen LogP contribution in [0.15, 0.2) is 97.7 Å². The lowest BCUT2D eigenvalue weighted by molar-refractivity contribution is -0.275. The monoisotopic (exact) mass is 677 g/mol. The van der Waals surface area contributed by atoms with E-state index in [-0.39, 0.29) is 11.1 Å². The molecule has 0 unspecified atom stereocenters. The minimum absolute atomic E-state index is 0.279. The van der Waals surface area contributed by atoms with Gasteiger partial charge in [-0.3, -0.25) is 4.98 Å². The quantitative estimate of drug-likeness (QED) is 0.109. The Morgan fingerprint density at radius 2 is 1.23 bits per heavy atom. The standard InChI is InChI=1S/C35H21F10NO2/c1-2-3-4-19-5-11-31(46-18-19)21-6-9-25(26(36)14-21)22-15-29(39)33(30(40)16-22)34(41,42)47-23-8-10-24(27(37)17-23)20-7-12-32(28(38)13-20)48-35(43,44)45/h2,5-18H,1,3-4H2. The molecular formula is C35H21F10NO2. The highest BCUT2D eigenvalue weighted by molar-refractivity contribution is 5.70. The molecule has 0 atom stereocenters. The number of allylic oxidation sites excluding steroid dienone is 1.